The molecule has 4 nitrogen and oxygen atoms in total. The van der Waals surface area contributed by atoms with Crippen LogP contribution in [0.3, 0.4) is 0 Å². The quantitative estimate of drug-likeness (QED) is 0.858. The molecule has 0 saturated heterocycles. The van der Waals surface area contributed by atoms with E-state index in [1.54, 1.807) is 0 Å². The van der Waals surface area contributed by atoms with Crippen LogP contribution in [0.2, 0.25) is 0 Å². The standard InChI is InChI=1S/C19H28N2O2/c1-13-9-10-17-15(11-13)16(12-19(2,3)23-17)21-18(22)20-14-7-5-4-6-8-14/h9-11,14,16H,4-8,12H2,1-3H3,(H2,20,21,22)/t16-/m0/s1. The fraction of sp³-hybridized carbons (Fsp3) is 0.632. The van der Waals surface area contributed by atoms with Gasteiger partial charge in [-0.05, 0) is 39.7 Å². The van der Waals surface area contributed by atoms with Gasteiger partial charge < -0.3 is 15.4 Å². The van der Waals surface area contributed by atoms with E-state index in [9.17, 15) is 4.79 Å². The maximum absolute atomic E-state index is 12.4. The van der Waals surface area contributed by atoms with E-state index in [1.165, 1.54) is 24.8 Å². The first kappa shape index (κ1) is 16.2. The van der Waals surface area contributed by atoms with Crippen molar-refractivity contribution in [2.45, 2.75) is 77.0 Å². The normalized spacial score (nSPS) is 23.5. The largest absolute Gasteiger partial charge is 0.487 e. The predicted molar refractivity (Wildman–Crippen MR) is 91.8 cm³/mol. The third-order valence-corrected chi connectivity index (χ3v) is 4.87. The zero-order valence-electron chi connectivity index (χ0n) is 14.4. The van der Waals surface area contributed by atoms with Crippen LogP contribution in [0, 0.1) is 6.92 Å². The van der Waals surface area contributed by atoms with Crippen LogP contribution >= 0.6 is 0 Å². The molecule has 1 fully saturated rings. The lowest BCUT2D eigenvalue weighted by Gasteiger charge is -2.38. The highest BCUT2D eigenvalue weighted by molar-refractivity contribution is 5.75. The molecular formula is C19H28N2O2. The Labute approximate surface area is 139 Å². The maximum Gasteiger partial charge on any atom is 0.315 e. The number of benzene rings is 1. The van der Waals surface area contributed by atoms with Gasteiger partial charge in [0.2, 0.25) is 0 Å². The summed E-state index contributed by atoms with van der Waals surface area (Å²) >= 11 is 0. The lowest BCUT2D eigenvalue weighted by atomic mass is 9.89. The molecule has 0 unspecified atom stereocenters. The minimum atomic E-state index is -0.273. The molecule has 2 amide bonds. The van der Waals surface area contributed by atoms with E-state index in [-0.39, 0.29) is 17.7 Å². The summed E-state index contributed by atoms with van der Waals surface area (Å²) in [5, 5.41) is 6.32. The summed E-state index contributed by atoms with van der Waals surface area (Å²) in [4.78, 5) is 12.4. The number of carbonyl (C=O) groups excluding carboxylic acids is 1. The Kier molecular flexibility index (Phi) is 4.51. The molecule has 2 aliphatic rings. The van der Waals surface area contributed by atoms with Gasteiger partial charge in [0.1, 0.15) is 11.4 Å². The minimum absolute atomic E-state index is 0.00256. The second kappa shape index (κ2) is 6.42. The number of nitrogens with one attached hydrogen (secondary N) is 2. The van der Waals surface area contributed by atoms with Crippen LogP contribution < -0.4 is 15.4 Å². The summed E-state index contributed by atoms with van der Waals surface area (Å²) in [6.07, 6.45) is 6.71. The SMILES string of the molecule is Cc1ccc2c(c1)[C@@H](NC(=O)NC1CCCCC1)CC(C)(C)O2. The molecule has 0 aromatic heterocycles. The highest BCUT2D eigenvalue weighted by Crippen LogP contribution is 2.39. The number of rotatable bonds is 2. The lowest BCUT2D eigenvalue weighted by Crippen LogP contribution is -2.47. The van der Waals surface area contributed by atoms with Crippen molar-refractivity contribution in [2.75, 3.05) is 0 Å². The van der Waals surface area contributed by atoms with Crippen molar-refractivity contribution >= 4 is 6.03 Å². The zero-order chi connectivity index (χ0) is 16.4. The van der Waals surface area contributed by atoms with E-state index in [1.807, 2.05) is 6.07 Å². The summed E-state index contributed by atoms with van der Waals surface area (Å²) in [6.45, 7) is 6.21. The van der Waals surface area contributed by atoms with Crippen LogP contribution in [-0.4, -0.2) is 17.7 Å². The minimum Gasteiger partial charge on any atom is -0.487 e. The van der Waals surface area contributed by atoms with Crippen LogP contribution in [0.1, 0.15) is 69.5 Å². The van der Waals surface area contributed by atoms with E-state index in [4.69, 9.17) is 4.74 Å². The van der Waals surface area contributed by atoms with Crippen molar-refractivity contribution in [3.8, 4) is 5.75 Å². The molecule has 23 heavy (non-hydrogen) atoms. The first-order valence-electron chi connectivity index (χ1n) is 8.79. The average Bonchev–Trinajstić information content (AvgIpc) is 2.48. The van der Waals surface area contributed by atoms with Crippen LogP contribution in [-0.2, 0) is 0 Å². The van der Waals surface area contributed by atoms with Gasteiger partial charge in [0.25, 0.3) is 0 Å². The van der Waals surface area contributed by atoms with Crippen LogP contribution in [0.15, 0.2) is 18.2 Å². The van der Waals surface area contributed by atoms with Gasteiger partial charge >= 0.3 is 6.03 Å². The second-order valence-corrected chi connectivity index (χ2v) is 7.61. The van der Waals surface area contributed by atoms with Gasteiger partial charge in [-0.15, -0.1) is 0 Å². The summed E-state index contributed by atoms with van der Waals surface area (Å²) in [5.41, 5.74) is 2.00. The lowest BCUT2D eigenvalue weighted by molar-refractivity contribution is 0.0677. The predicted octanol–water partition coefficient (Wildman–Crippen LogP) is 4.23. The zero-order valence-corrected chi connectivity index (χ0v) is 14.4. The average molecular weight is 316 g/mol. The van der Waals surface area contributed by atoms with Gasteiger partial charge in [-0.2, -0.15) is 0 Å². The van der Waals surface area contributed by atoms with Gasteiger partial charge in [0, 0.05) is 18.0 Å². The molecule has 1 aliphatic carbocycles. The van der Waals surface area contributed by atoms with Crippen molar-refractivity contribution in [1.29, 1.82) is 0 Å². The molecule has 1 aromatic rings. The Morgan fingerprint density at radius 3 is 2.65 bits per heavy atom. The number of aryl methyl sites for hydroxylation is 1. The molecule has 1 heterocycles. The maximum atomic E-state index is 12.4. The van der Waals surface area contributed by atoms with Crippen LogP contribution in [0.25, 0.3) is 0 Å². The third kappa shape index (κ3) is 3.98. The first-order chi connectivity index (χ1) is 10.9. The molecule has 0 bridgehead atoms. The molecule has 1 aliphatic heterocycles. The van der Waals surface area contributed by atoms with Gasteiger partial charge in [-0.1, -0.05) is 37.0 Å². The second-order valence-electron chi connectivity index (χ2n) is 7.61. The number of fused-ring (bicyclic) bond motifs is 1. The molecule has 1 aromatic carbocycles. The fourth-order valence-electron chi connectivity index (χ4n) is 3.74. The molecule has 2 N–H and O–H groups in total. The monoisotopic (exact) mass is 316 g/mol. The van der Waals surface area contributed by atoms with Crippen LogP contribution in [0.5, 0.6) is 5.75 Å². The molecule has 3 rings (SSSR count). The van der Waals surface area contributed by atoms with E-state index in [2.05, 4.69) is 43.5 Å². The number of hydrogen-bond donors (Lipinski definition) is 2. The number of amides is 2. The Balaban J connectivity index is 1.71. The van der Waals surface area contributed by atoms with Crippen molar-refractivity contribution in [3.05, 3.63) is 29.3 Å². The molecular weight excluding hydrogens is 288 g/mol. The highest BCUT2D eigenvalue weighted by Gasteiger charge is 2.34. The Hall–Kier alpha value is -1.71. The first-order valence-corrected chi connectivity index (χ1v) is 8.79. The summed E-state index contributed by atoms with van der Waals surface area (Å²) < 4.78 is 6.06. The smallest absolute Gasteiger partial charge is 0.315 e. The van der Waals surface area contributed by atoms with Crippen molar-refractivity contribution in [1.82, 2.24) is 10.6 Å². The van der Waals surface area contributed by atoms with E-state index in [0.29, 0.717) is 6.04 Å². The molecule has 0 spiro atoms. The van der Waals surface area contributed by atoms with Gasteiger partial charge in [-0.25, -0.2) is 4.79 Å². The topological polar surface area (TPSA) is 50.4 Å². The van der Waals surface area contributed by atoms with E-state index in [0.717, 1.165) is 30.6 Å². The molecule has 126 valence electrons. The molecule has 4 heteroatoms. The van der Waals surface area contributed by atoms with E-state index >= 15 is 0 Å². The van der Waals surface area contributed by atoms with Gasteiger partial charge in [0.15, 0.2) is 0 Å². The van der Waals surface area contributed by atoms with E-state index < -0.39 is 0 Å². The van der Waals surface area contributed by atoms with Crippen LogP contribution in [0.4, 0.5) is 4.79 Å². The van der Waals surface area contributed by atoms with Crippen molar-refractivity contribution in [3.63, 3.8) is 0 Å². The third-order valence-electron chi connectivity index (χ3n) is 4.87. The number of ether oxygens (including phenoxy) is 1. The number of urea groups is 1. The Morgan fingerprint density at radius 2 is 1.91 bits per heavy atom. The molecule has 0 radical (unpaired) electrons. The van der Waals surface area contributed by atoms with Gasteiger partial charge in [0.05, 0.1) is 6.04 Å². The number of carbonyl (C=O) groups is 1. The highest BCUT2D eigenvalue weighted by atomic mass is 16.5. The molecule has 1 atom stereocenters. The Bertz CT molecular complexity index is 577. The van der Waals surface area contributed by atoms with Crippen molar-refractivity contribution in [2.24, 2.45) is 0 Å². The Morgan fingerprint density at radius 1 is 1.17 bits per heavy atom. The summed E-state index contributed by atoms with van der Waals surface area (Å²) in [6, 6.07) is 6.47. The molecule has 1 saturated carbocycles. The summed E-state index contributed by atoms with van der Waals surface area (Å²) in [5.74, 6) is 0.884. The number of hydrogen-bond acceptors (Lipinski definition) is 2. The van der Waals surface area contributed by atoms with Crippen molar-refractivity contribution < 1.29 is 9.53 Å². The van der Waals surface area contributed by atoms with Gasteiger partial charge in [-0.3, -0.25) is 0 Å². The summed E-state index contributed by atoms with van der Waals surface area (Å²) in [7, 11) is 0. The fourth-order valence-corrected chi connectivity index (χ4v) is 3.74.